The lowest BCUT2D eigenvalue weighted by Crippen LogP contribution is -2.13. The molecule has 0 unspecified atom stereocenters. The van der Waals surface area contributed by atoms with E-state index in [0.717, 1.165) is 9.13 Å². The summed E-state index contributed by atoms with van der Waals surface area (Å²) in [7, 11) is 1.76. The van der Waals surface area contributed by atoms with Crippen molar-refractivity contribution >= 4 is 34.2 Å². The molecule has 118 valence electrons. The summed E-state index contributed by atoms with van der Waals surface area (Å²) in [4.78, 5) is 12.2. The lowest BCUT2D eigenvalue weighted by atomic mass is 10.2. The van der Waals surface area contributed by atoms with Gasteiger partial charge in [0, 0.05) is 19.4 Å². The minimum absolute atomic E-state index is 0.284. The van der Waals surface area contributed by atoms with Gasteiger partial charge in [0.25, 0.3) is 5.91 Å². The standard InChI is InChI=1S/C15H13FIN5O/c1-21-9-13(17)14(20-21)15(23)19-12-6-18-22(8-12)7-10-3-2-4-11(16)5-10/h2-6,8-9H,7H2,1H3,(H,19,23). The highest BCUT2D eigenvalue weighted by Gasteiger charge is 2.15. The Kier molecular flexibility index (Phi) is 4.42. The van der Waals surface area contributed by atoms with Crippen molar-refractivity contribution in [2.24, 2.45) is 7.05 Å². The minimum atomic E-state index is -0.291. The number of carbonyl (C=O) groups excluding carboxylic acids is 1. The summed E-state index contributed by atoms with van der Waals surface area (Å²) in [6.07, 6.45) is 5.01. The van der Waals surface area contributed by atoms with E-state index in [1.165, 1.54) is 12.1 Å². The van der Waals surface area contributed by atoms with Gasteiger partial charge < -0.3 is 5.32 Å². The predicted molar refractivity (Wildman–Crippen MR) is 91.6 cm³/mol. The molecule has 23 heavy (non-hydrogen) atoms. The number of nitrogens with zero attached hydrogens (tertiary/aromatic N) is 4. The van der Waals surface area contributed by atoms with Gasteiger partial charge in [-0.15, -0.1) is 0 Å². The van der Waals surface area contributed by atoms with Gasteiger partial charge in [0.2, 0.25) is 0 Å². The summed E-state index contributed by atoms with van der Waals surface area (Å²) in [6.45, 7) is 0.425. The van der Waals surface area contributed by atoms with E-state index in [4.69, 9.17) is 0 Å². The quantitative estimate of drug-likeness (QED) is 0.654. The number of hydrogen-bond donors (Lipinski definition) is 1. The lowest BCUT2D eigenvalue weighted by Gasteiger charge is -2.02. The van der Waals surface area contributed by atoms with Gasteiger partial charge in [0.1, 0.15) is 5.82 Å². The van der Waals surface area contributed by atoms with Crippen LogP contribution < -0.4 is 5.32 Å². The van der Waals surface area contributed by atoms with E-state index in [-0.39, 0.29) is 11.7 Å². The summed E-state index contributed by atoms with van der Waals surface area (Å²) in [5.74, 6) is -0.576. The van der Waals surface area contributed by atoms with Crippen LogP contribution >= 0.6 is 22.6 Å². The summed E-state index contributed by atoms with van der Waals surface area (Å²) in [6, 6.07) is 6.32. The zero-order chi connectivity index (χ0) is 16.4. The van der Waals surface area contributed by atoms with Gasteiger partial charge >= 0.3 is 0 Å². The first-order chi connectivity index (χ1) is 11.0. The Balaban J connectivity index is 1.70. The number of amides is 1. The van der Waals surface area contributed by atoms with Crippen molar-refractivity contribution in [2.45, 2.75) is 6.54 Å². The zero-order valence-corrected chi connectivity index (χ0v) is 14.4. The van der Waals surface area contributed by atoms with Gasteiger partial charge in [-0.1, -0.05) is 12.1 Å². The fourth-order valence-corrected chi connectivity index (χ4v) is 2.90. The Labute approximate surface area is 145 Å². The second-order valence-corrected chi connectivity index (χ2v) is 6.17. The van der Waals surface area contributed by atoms with Crippen LogP contribution in [0, 0.1) is 9.39 Å². The van der Waals surface area contributed by atoms with E-state index < -0.39 is 0 Å². The first kappa shape index (κ1) is 15.7. The maximum Gasteiger partial charge on any atom is 0.277 e. The third-order valence-electron chi connectivity index (χ3n) is 3.12. The highest BCUT2D eigenvalue weighted by atomic mass is 127. The van der Waals surface area contributed by atoms with Crippen LogP contribution in [0.3, 0.4) is 0 Å². The zero-order valence-electron chi connectivity index (χ0n) is 12.2. The molecule has 0 saturated heterocycles. The smallest absolute Gasteiger partial charge is 0.277 e. The molecule has 1 N–H and O–H groups in total. The van der Waals surface area contributed by atoms with E-state index in [1.54, 1.807) is 41.1 Å². The molecule has 0 bridgehead atoms. The number of benzene rings is 1. The molecule has 0 atom stereocenters. The predicted octanol–water partition coefficient (Wildman–Crippen LogP) is 2.66. The fraction of sp³-hybridized carbons (Fsp3) is 0.133. The first-order valence-electron chi connectivity index (χ1n) is 6.78. The van der Waals surface area contributed by atoms with E-state index in [0.29, 0.717) is 17.9 Å². The molecular formula is C15H13FIN5O. The van der Waals surface area contributed by atoms with Crippen LogP contribution in [-0.4, -0.2) is 25.5 Å². The number of aryl methyl sites for hydroxylation is 1. The molecule has 0 saturated carbocycles. The van der Waals surface area contributed by atoms with Gasteiger partial charge in [-0.25, -0.2) is 4.39 Å². The van der Waals surface area contributed by atoms with Crippen molar-refractivity contribution < 1.29 is 9.18 Å². The fourth-order valence-electron chi connectivity index (χ4n) is 2.14. The molecule has 3 aromatic rings. The van der Waals surface area contributed by atoms with Gasteiger partial charge in [-0.3, -0.25) is 14.2 Å². The molecule has 0 radical (unpaired) electrons. The summed E-state index contributed by atoms with van der Waals surface area (Å²) in [5.41, 5.74) is 1.73. The van der Waals surface area contributed by atoms with Gasteiger partial charge in [0.15, 0.2) is 5.69 Å². The Morgan fingerprint density at radius 1 is 1.39 bits per heavy atom. The monoisotopic (exact) mass is 425 g/mol. The molecule has 8 heteroatoms. The number of nitrogens with one attached hydrogen (secondary N) is 1. The van der Waals surface area contributed by atoms with Gasteiger partial charge in [-0.2, -0.15) is 10.2 Å². The summed E-state index contributed by atoms with van der Waals surface area (Å²) >= 11 is 2.06. The third kappa shape index (κ3) is 3.76. The van der Waals surface area contributed by atoms with Crippen molar-refractivity contribution in [3.05, 3.63) is 63.5 Å². The van der Waals surface area contributed by atoms with Crippen LogP contribution in [0.4, 0.5) is 10.1 Å². The molecule has 3 rings (SSSR count). The average Bonchev–Trinajstić information content (AvgIpc) is 3.05. The summed E-state index contributed by atoms with van der Waals surface area (Å²) < 4.78 is 17.2. The molecule has 1 aromatic carbocycles. The number of halogens is 2. The number of rotatable bonds is 4. The van der Waals surface area contributed by atoms with Crippen molar-refractivity contribution in [3.8, 4) is 0 Å². The van der Waals surface area contributed by atoms with Gasteiger partial charge in [-0.05, 0) is 40.3 Å². The van der Waals surface area contributed by atoms with Crippen LogP contribution in [0.25, 0.3) is 0 Å². The number of hydrogen-bond acceptors (Lipinski definition) is 3. The molecule has 1 amide bonds. The maximum absolute atomic E-state index is 13.2. The van der Waals surface area contributed by atoms with Crippen molar-refractivity contribution in [2.75, 3.05) is 5.32 Å². The Morgan fingerprint density at radius 2 is 2.22 bits per heavy atom. The van der Waals surface area contributed by atoms with Crippen LogP contribution in [0.1, 0.15) is 16.1 Å². The molecular weight excluding hydrogens is 412 g/mol. The van der Waals surface area contributed by atoms with Gasteiger partial charge in [0.05, 0.1) is 22.0 Å². The van der Waals surface area contributed by atoms with Crippen molar-refractivity contribution in [1.29, 1.82) is 0 Å². The normalized spacial score (nSPS) is 10.7. The van der Waals surface area contributed by atoms with Crippen LogP contribution in [0.2, 0.25) is 0 Å². The Bertz CT molecular complexity index is 857. The molecule has 0 fully saturated rings. The molecule has 2 aromatic heterocycles. The SMILES string of the molecule is Cn1cc(I)c(C(=O)Nc2cnn(Cc3cccc(F)c3)c2)n1. The van der Waals surface area contributed by atoms with Crippen LogP contribution in [-0.2, 0) is 13.6 Å². The average molecular weight is 425 g/mol. The molecule has 0 aliphatic rings. The van der Waals surface area contributed by atoms with Crippen molar-refractivity contribution in [3.63, 3.8) is 0 Å². The van der Waals surface area contributed by atoms with E-state index in [2.05, 4.69) is 38.1 Å². The molecule has 0 aliphatic carbocycles. The van der Waals surface area contributed by atoms with Crippen LogP contribution in [0.15, 0.2) is 42.9 Å². The highest BCUT2D eigenvalue weighted by Crippen LogP contribution is 2.13. The lowest BCUT2D eigenvalue weighted by molar-refractivity contribution is 0.102. The second-order valence-electron chi connectivity index (χ2n) is 5.01. The van der Waals surface area contributed by atoms with E-state index in [1.807, 2.05) is 6.07 Å². The number of carbonyl (C=O) groups is 1. The van der Waals surface area contributed by atoms with Crippen molar-refractivity contribution in [1.82, 2.24) is 19.6 Å². The topological polar surface area (TPSA) is 64.7 Å². The Morgan fingerprint density at radius 3 is 2.91 bits per heavy atom. The summed E-state index contributed by atoms with van der Waals surface area (Å²) in [5, 5.41) is 11.0. The van der Waals surface area contributed by atoms with E-state index >= 15 is 0 Å². The van der Waals surface area contributed by atoms with Crippen LogP contribution in [0.5, 0.6) is 0 Å². The first-order valence-corrected chi connectivity index (χ1v) is 7.86. The highest BCUT2D eigenvalue weighted by molar-refractivity contribution is 14.1. The molecule has 2 heterocycles. The number of aromatic nitrogens is 4. The third-order valence-corrected chi connectivity index (χ3v) is 3.91. The Hall–Kier alpha value is -2.23. The molecule has 0 spiro atoms. The molecule has 6 nitrogen and oxygen atoms in total. The maximum atomic E-state index is 13.2. The largest absolute Gasteiger partial charge is 0.318 e. The minimum Gasteiger partial charge on any atom is -0.318 e. The number of anilines is 1. The van der Waals surface area contributed by atoms with E-state index in [9.17, 15) is 9.18 Å². The molecule has 0 aliphatic heterocycles. The second kappa shape index (κ2) is 6.49.